The first-order chi connectivity index (χ1) is 25.0. The Hall–Kier alpha value is -1.06. The summed E-state index contributed by atoms with van der Waals surface area (Å²) in [6.07, 6.45) is 43.7. The van der Waals surface area contributed by atoms with E-state index >= 15 is 0 Å². The minimum absolute atomic E-state index is 0.522. The van der Waals surface area contributed by atoms with Crippen molar-refractivity contribution in [2.75, 3.05) is 0 Å². The summed E-state index contributed by atoms with van der Waals surface area (Å²) < 4.78 is 10.1. The van der Waals surface area contributed by atoms with E-state index in [-0.39, 0.29) is 0 Å². The van der Waals surface area contributed by atoms with E-state index in [0.29, 0.717) is 29.7 Å². The third-order valence-electron chi connectivity index (χ3n) is 18.0. The second kappa shape index (κ2) is 14.2. The highest BCUT2D eigenvalue weighted by molar-refractivity contribution is 5.28. The number of ether oxygens (including phenoxy) is 1. The van der Waals surface area contributed by atoms with Crippen molar-refractivity contribution in [2.24, 2.45) is 46.8 Å². The molecule has 7 fully saturated rings. The zero-order chi connectivity index (χ0) is 34.1. The van der Waals surface area contributed by atoms with Crippen molar-refractivity contribution >= 4 is 0 Å². The van der Waals surface area contributed by atoms with Crippen LogP contribution in [0.5, 0.6) is 0 Å². The highest BCUT2D eigenvalue weighted by Gasteiger charge is 2.55. The summed E-state index contributed by atoms with van der Waals surface area (Å²) in [6.45, 7) is 5.38. The van der Waals surface area contributed by atoms with Crippen molar-refractivity contribution in [1.82, 2.24) is 9.47 Å². The maximum absolute atomic E-state index is 7.34. The van der Waals surface area contributed by atoms with Gasteiger partial charge >= 0.3 is 0 Å². The Bertz CT molecular complexity index is 1410. The maximum Gasteiger partial charge on any atom is 0.0766 e. The fraction of sp³-hybridized carbons (Fsp3) is 0.875. The van der Waals surface area contributed by atoms with Crippen molar-refractivity contribution < 1.29 is 4.74 Å². The van der Waals surface area contributed by atoms with E-state index in [2.05, 4.69) is 41.7 Å². The van der Waals surface area contributed by atoms with Crippen LogP contribution in [0.4, 0.5) is 0 Å². The summed E-state index contributed by atoms with van der Waals surface area (Å²) in [5.74, 6) is 6.53. The summed E-state index contributed by atoms with van der Waals surface area (Å²) >= 11 is 0. The number of hydrogen-bond donors (Lipinski definition) is 0. The molecule has 13 unspecified atom stereocenters. The molecule has 0 aromatic carbocycles. The molecule has 9 aliphatic rings. The fourth-order valence-corrected chi connectivity index (χ4v) is 16.0. The summed E-state index contributed by atoms with van der Waals surface area (Å²) in [5.41, 5.74) is 5.74. The monoisotopic (exact) mass is 695 g/mol. The number of rotatable bonds is 5. The Morgan fingerprint density at radius 3 is 2.41 bits per heavy atom. The predicted octanol–water partition coefficient (Wildman–Crippen LogP) is 12.0. The van der Waals surface area contributed by atoms with Crippen molar-refractivity contribution in [3.63, 3.8) is 0 Å². The van der Waals surface area contributed by atoms with E-state index in [4.69, 9.17) is 4.74 Å². The summed E-state index contributed by atoms with van der Waals surface area (Å²) in [6, 6.07) is 5.31. The molecule has 1 saturated heterocycles. The lowest BCUT2D eigenvalue weighted by molar-refractivity contribution is -0.109. The average Bonchev–Trinajstić information content (AvgIpc) is 3.78. The van der Waals surface area contributed by atoms with Crippen LogP contribution in [0, 0.1) is 46.8 Å². The first-order valence-electron chi connectivity index (χ1n) is 23.3. The molecule has 0 spiro atoms. The van der Waals surface area contributed by atoms with Crippen molar-refractivity contribution in [3.8, 4) is 0 Å². The van der Waals surface area contributed by atoms with Crippen LogP contribution in [0.1, 0.15) is 185 Å². The lowest BCUT2D eigenvalue weighted by Crippen LogP contribution is -2.60. The van der Waals surface area contributed by atoms with Gasteiger partial charge < -0.3 is 9.30 Å². The van der Waals surface area contributed by atoms with E-state index < -0.39 is 0 Å². The quantitative estimate of drug-likeness (QED) is 0.286. The molecular weight excluding hydrogens is 621 g/mol. The Morgan fingerprint density at radius 1 is 0.667 bits per heavy atom. The highest BCUT2D eigenvalue weighted by atomic mass is 16.5. The van der Waals surface area contributed by atoms with E-state index in [9.17, 15) is 0 Å². The Labute approximate surface area is 312 Å². The third kappa shape index (κ3) is 6.29. The number of aromatic nitrogens is 1. The molecule has 1 aromatic heterocycles. The van der Waals surface area contributed by atoms with Gasteiger partial charge in [-0.15, -0.1) is 0 Å². The minimum Gasteiger partial charge on any atom is -0.373 e. The summed E-state index contributed by atoms with van der Waals surface area (Å²) in [4.78, 5) is 3.33. The Kier molecular flexibility index (Phi) is 9.60. The number of hydrogen-bond acceptors (Lipinski definition) is 2. The molecule has 3 heteroatoms. The van der Waals surface area contributed by atoms with Gasteiger partial charge in [0.15, 0.2) is 0 Å². The van der Waals surface area contributed by atoms with Gasteiger partial charge in [-0.3, -0.25) is 4.90 Å². The van der Waals surface area contributed by atoms with Gasteiger partial charge in [-0.1, -0.05) is 64.0 Å². The van der Waals surface area contributed by atoms with Gasteiger partial charge in [-0.2, -0.15) is 0 Å². The van der Waals surface area contributed by atoms with Crippen LogP contribution in [-0.4, -0.2) is 39.8 Å². The van der Waals surface area contributed by atoms with Crippen molar-refractivity contribution in [1.29, 1.82) is 0 Å². The van der Waals surface area contributed by atoms with Gasteiger partial charge in [0.25, 0.3) is 0 Å². The van der Waals surface area contributed by atoms with Gasteiger partial charge in [0.05, 0.1) is 18.2 Å². The second-order valence-electron chi connectivity index (χ2n) is 21.0. The number of fused-ring (bicyclic) bond motifs is 7. The molecule has 51 heavy (non-hydrogen) atoms. The smallest absolute Gasteiger partial charge is 0.0766 e. The highest BCUT2D eigenvalue weighted by Crippen LogP contribution is 2.59. The number of allylic oxidation sites excluding steroid dienone is 2. The van der Waals surface area contributed by atoms with Crippen LogP contribution in [-0.2, 0) is 17.6 Å². The molecule has 282 valence electrons. The molecule has 0 bridgehead atoms. The van der Waals surface area contributed by atoms with Crippen LogP contribution in [0.15, 0.2) is 23.9 Å². The molecule has 1 aliphatic heterocycles. The molecule has 8 aliphatic carbocycles. The molecule has 1 aromatic rings. The Morgan fingerprint density at radius 2 is 1.47 bits per heavy atom. The van der Waals surface area contributed by atoms with Crippen LogP contribution < -0.4 is 0 Å². The predicted molar refractivity (Wildman–Crippen MR) is 210 cm³/mol. The van der Waals surface area contributed by atoms with E-state index in [1.54, 1.807) is 17.7 Å². The summed E-state index contributed by atoms with van der Waals surface area (Å²) in [5, 5.41) is 0. The normalized spacial score (nSPS) is 45.2. The molecular formula is C48H74N2O. The van der Waals surface area contributed by atoms with Gasteiger partial charge in [0, 0.05) is 30.0 Å². The van der Waals surface area contributed by atoms with Crippen molar-refractivity contribution in [3.05, 3.63) is 35.2 Å². The molecule has 0 amide bonds. The van der Waals surface area contributed by atoms with Crippen LogP contribution >= 0.6 is 0 Å². The second-order valence-corrected chi connectivity index (χ2v) is 21.0. The topological polar surface area (TPSA) is 17.4 Å². The lowest BCUT2D eigenvalue weighted by atomic mass is 9.49. The van der Waals surface area contributed by atoms with Gasteiger partial charge in [-0.05, 0) is 187 Å². The molecule has 3 nitrogen and oxygen atoms in total. The zero-order valence-electron chi connectivity index (χ0n) is 32.9. The van der Waals surface area contributed by atoms with Gasteiger partial charge in [0.2, 0.25) is 0 Å². The molecule has 2 heterocycles. The lowest BCUT2D eigenvalue weighted by Gasteiger charge is -2.59. The number of nitrogens with zero attached hydrogens (tertiary/aromatic N) is 2. The van der Waals surface area contributed by atoms with E-state index in [1.807, 2.05) is 5.57 Å². The zero-order valence-corrected chi connectivity index (χ0v) is 32.9. The standard InChI is InChI=1S/C48H74N2O/c1-48(2)31-35-30-38(24-25-39(35)40-17-4-6-20-43(40)48)50(45-22-11-19-42-41-18-5-8-23-46(41)51-47(42)45)37-16-10-14-34(29-37)33-13-9-15-36(28-33)49-27-26-32-12-3-7-21-44(32)49/h26-28,34-43,45-47H,3-25,29-31H2,1-2H3. The molecule has 13 atom stereocenters. The first kappa shape index (κ1) is 34.4. The molecule has 0 N–H and O–H groups in total. The van der Waals surface area contributed by atoms with Gasteiger partial charge in [0.1, 0.15) is 0 Å². The molecule has 10 rings (SSSR count). The van der Waals surface area contributed by atoms with Crippen molar-refractivity contribution in [2.45, 2.75) is 217 Å². The SMILES string of the molecule is CC1(C)CC2CC(N(C3CCCC(C4=CC(n5ccc6c5CCCC6)CCC4)C3)C3CCCC4C5CCCCC5OC43)CCC2C2CCCCC21. The summed E-state index contributed by atoms with van der Waals surface area (Å²) in [7, 11) is 0. The largest absolute Gasteiger partial charge is 0.373 e. The third-order valence-corrected chi connectivity index (χ3v) is 18.0. The van der Waals surface area contributed by atoms with Crippen LogP contribution in [0.25, 0.3) is 0 Å². The van der Waals surface area contributed by atoms with E-state index in [1.165, 1.54) is 161 Å². The fourth-order valence-electron chi connectivity index (χ4n) is 16.0. The van der Waals surface area contributed by atoms with E-state index in [0.717, 1.165) is 53.5 Å². The maximum atomic E-state index is 7.34. The van der Waals surface area contributed by atoms with Crippen LogP contribution in [0.3, 0.4) is 0 Å². The molecule has 6 saturated carbocycles. The minimum atomic E-state index is 0.522. The average molecular weight is 695 g/mol. The van der Waals surface area contributed by atoms with Gasteiger partial charge in [-0.25, -0.2) is 0 Å². The van der Waals surface area contributed by atoms with Crippen LogP contribution in [0.2, 0.25) is 0 Å². The Balaban J connectivity index is 0.934. The first-order valence-corrected chi connectivity index (χ1v) is 23.3. The number of aryl methyl sites for hydroxylation is 1. The molecule has 0 radical (unpaired) electrons.